The first-order valence-corrected chi connectivity index (χ1v) is 11.6. The fourth-order valence-electron chi connectivity index (χ4n) is 5.15. The Kier molecular flexibility index (Phi) is 5.97. The van der Waals surface area contributed by atoms with E-state index in [2.05, 4.69) is 6.07 Å². The summed E-state index contributed by atoms with van der Waals surface area (Å²) in [6.07, 6.45) is 3.29. The number of ether oxygens (including phenoxy) is 2. The summed E-state index contributed by atoms with van der Waals surface area (Å²) >= 11 is 0. The number of anilines is 2. The molecule has 0 saturated heterocycles. The van der Waals surface area contributed by atoms with Crippen LogP contribution in [0.1, 0.15) is 36.3 Å². The number of fused-ring (bicyclic) bond motifs is 3. The molecule has 5 rings (SSSR count). The minimum Gasteiger partial charge on any atom is -0.482 e. The average molecular weight is 458 g/mol. The summed E-state index contributed by atoms with van der Waals surface area (Å²) < 4.78 is 11.5. The number of nitrogens with zero attached hydrogens (tertiary/aromatic N) is 1. The summed E-state index contributed by atoms with van der Waals surface area (Å²) in [6, 6.07) is 24.9. The zero-order chi connectivity index (χ0) is 23.5. The van der Waals surface area contributed by atoms with Crippen LogP contribution in [0.3, 0.4) is 0 Å². The zero-order valence-corrected chi connectivity index (χ0v) is 18.9. The van der Waals surface area contributed by atoms with Crippen LogP contribution in [-0.4, -0.2) is 30.4 Å². The fourth-order valence-corrected chi connectivity index (χ4v) is 5.15. The molecule has 1 fully saturated rings. The van der Waals surface area contributed by atoms with Gasteiger partial charge in [0, 0.05) is 5.41 Å². The molecule has 1 saturated carbocycles. The number of hydrogen-bond donors (Lipinski definition) is 1. The first-order chi connectivity index (χ1) is 16.6. The minimum absolute atomic E-state index is 0.0780. The largest absolute Gasteiger partial charge is 0.482 e. The second kappa shape index (κ2) is 9.21. The molecule has 2 aliphatic rings. The number of hydrogen-bond acceptors (Lipinski definition) is 4. The lowest BCUT2D eigenvalue weighted by Gasteiger charge is -2.24. The Morgan fingerprint density at radius 1 is 0.941 bits per heavy atom. The lowest BCUT2D eigenvalue weighted by Crippen LogP contribution is -2.29. The highest BCUT2D eigenvalue weighted by molar-refractivity contribution is 5.95. The normalized spacial score (nSPS) is 20.3. The molecule has 1 amide bonds. The van der Waals surface area contributed by atoms with E-state index in [4.69, 9.17) is 14.6 Å². The highest BCUT2D eigenvalue weighted by Crippen LogP contribution is 2.65. The molecule has 1 N–H and O–H groups in total. The number of carbonyl (C=O) groups is 2. The van der Waals surface area contributed by atoms with Gasteiger partial charge in [-0.25, -0.2) is 14.5 Å². The smallest absolute Gasteiger partial charge is 0.418 e. The number of carbonyl (C=O) groups excluding carboxylic acids is 1. The van der Waals surface area contributed by atoms with Gasteiger partial charge in [0.05, 0.1) is 18.0 Å². The first kappa shape index (κ1) is 22.0. The van der Waals surface area contributed by atoms with Gasteiger partial charge >= 0.3 is 12.1 Å². The van der Waals surface area contributed by atoms with Gasteiger partial charge in [0.1, 0.15) is 5.75 Å². The Hall–Kier alpha value is -3.80. The zero-order valence-electron chi connectivity index (χ0n) is 18.9. The quantitative estimate of drug-likeness (QED) is 0.476. The third-order valence-corrected chi connectivity index (χ3v) is 6.88. The number of para-hydroxylation sites is 2. The van der Waals surface area contributed by atoms with E-state index in [1.807, 2.05) is 72.8 Å². The highest BCUT2D eigenvalue weighted by Gasteiger charge is 2.57. The van der Waals surface area contributed by atoms with Crippen molar-refractivity contribution < 1.29 is 24.2 Å². The van der Waals surface area contributed by atoms with Crippen molar-refractivity contribution in [2.75, 3.05) is 18.1 Å². The van der Waals surface area contributed by atoms with E-state index in [9.17, 15) is 9.59 Å². The number of rotatable bonds is 7. The van der Waals surface area contributed by atoms with Crippen LogP contribution in [0.15, 0.2) is 78.9 Å². The van der Waals surface area contributed by atoms with Crippen molar-refractivity contribution in [2.24, 2.45) is 5.41 Å². The van der Waals surface area contributed by atoms with Gasteiger partial charge in [-0.15, -0.1) is 0 Å². The summed E-state index contributed by atoms with van der Waals surface area (Å²) in [4.78, 5) is 25.9. The average Bonchev–Trinajstić information content (AvgIpc) is 3.59. The summed E-state index contributed by atoms with van der Waals surface area (Å²) in [5.74, 6) is -0.0488. The van der Waals surface area contributed by atoms with Crippen molar-refractivity contribution in [1.82, 2.24) is 0 Å². The van der Waals surface area contributed by atoms with E-state index in [0.29, 0.717) is 12.4 Å². The maximum Gasteiger partial charge on any atom is 0.418 e. The van der Waals surface area contributed by atoms with Gasteiger partial charge in [0.15, 0.2) is 6.61 Å². The fraction of sp³-hybridized carbons (Fsp3) is 0.286. The molecule has 6 heteroatoms. The molecule has 2 atom stereocenters. The lowest BCUT2D eigenvalue weighted by atomic mass is 9.97. The molecule has 0 aliphatic heterocycles. The SMILES string of the molecule is O=C(O)COc1cccc2c1CCCC1(COC(=O)N(c3ccccc3)c3ccccc3)CC21. The highest BCUT2D eigenvalue weighted by atomic mass is 16.6. The van der Waals surface area contributed by atoms with Crippen LogP contribution in [-0.2, 0) is 16.0 Å². The van der Waals surface area contributed by atoms with E-state index in [1.54, 1.807) is 4.90 Å². The Morgan fingerprint density at radius 2 is 1.62 bits per heavy atom. The van der Waals surface area contributed by atoms with Crippen molar-refractivity contribution in [1.29, 1.82) is 0 Å². The van der Waals surface area contributed by atoms with Crippen LogP contribution >= 0.6 is 0 Å². The molecule has 0 heterocycles. The Labute approximate surface area is 198 Å². The predicted molar refractivity (Wildman–Crippen MR) is 129 cm³/mol. The lowest BCUT2D eigenvalue weighted by molar-refractivity contribution is -0.139. The summed E-state index contributed by atoms with van der Waals surface area (Å²) in [5, 5.41) is 8.99. The second-order valence-corrected chi connectivity index (χ2v) is 9.04. The molecule has 0 radical (unpaired) electrons. The van der Waals surface area contributed by atoms with Crippen LogP contribution in [0, 0.1) is 5.41 Å². The maximum absolute atomic E-state index is 13.3. The van der Waals surface area contributed by atoms with Gasteiger partial charge in [0.2, 0.25) is 0 Å². The molecule has 2 aliphatic carbocycles. The van der Waals surface area contributed by atoms with Gasteiger partial charge in [0.25, 0.3) is 0 Å². The molecule has 0 aromatic heterocycles. The topological polar surface area (TPSA) is 76.1 Å². The van der Waals surface area contributed by atoms with Crippen LogP contribution in [0.4, 0.5) is 16.2 Å². The molecule has 0 spiro atoms. The van der Waals surface area contributed by atoms with Gasteiger partial charge in [-0.3, -0.25) is 0 Å². The second-order valence-electron chi connectivity index (χ2n) is 9.04. The molecule has 2 unspecified atom stereocenters. The monoisotopic (exact) mass is 457 g/mol. The summed E-state index contributed by atoms with van der Waals surface area (Å²) in [7, 11) is 0. The van der Waals surface area contributed by atoms with E-state index < -0.39 is 5.97 Å². The molecule has 6 nitrogen and oxygen atoms in total. The van der Waals surface area contributed by atoms with Gasteiger partial charge in [-0.05, 0) is 73.1 Å². The number of benzene rings is 3. The summed E-state index contributed by atoms with van der Waals surface area (Å²) in [5.41, 5.74) is 3.73. The molecule has 3 aromatic rings. The Morgan fingerprint density at radius 3 is 2.26 bits per heavy atom. The third-order valence-electron chi connectivity index (χ3n) is 6.88. The van der Waals surface area contributed by atoms with E-state index in [1.165, 1.54) is 5.56 Å². The Bertz CT molecular complexity index is 1140. The van der Waals surface area contributed by atoms with Crippen LogP contribution in [0.2, 0.25) is 0 Å². The maximum atomic E-state index is 13.3. The number of amides is 1. The van der Waals surface area contributed by atoms with Gasteiger partial charge in [-0.1, -0.05) is 48.5 Å². The van der Waals surface area contributed by atoms with Gasteiger partial charge in [-0.2, -0.15) is 0 Å². The van der Waals surface area contributed by atoms with E-state index >= 15 is 0 Å². The number of aliphatic carboxylic acids is 1. The molecule has 3 aromatic carbocycles. The molecule has 0 bridgehead atoms. The van der Waals surface area contributed by atoms with Gasteiger partial charge < -0.3 is 14.6 Å². The molecular weight excluding hydrogens is 430 g/mol. The van der Waals surface area contributed by atoms with Crippen LogP contribution in [0.5, 0.6) is 5.75 Å². The minimum atomic E-state index is -0.986. The van der Waals surface area contributed by atoms with Crippen LogP contribution < -0.4 is 9.64 Å². The number of carboxylic acid groups (broad SMARTS) is 1. The van der Waals surface area contributed by atoms with Crippen molar-refractivity contribution in [3.63, 3.8) is 0 Å². The molecule has 34 heavy (non-hydrogen) atoms. The van der Waals surface area contributed by atoms with Crippen molar-refractivity contribution in [3.05, 3.63) is 90.0 Å². The third kappa shape index (κ3) is 4.36. The number of carboxylic acids is 1. The van der Waals surface area contributed by atoms with Crippen molar-refractivity contribution in [2.45, 2.75) is 31.6 Å². The molecular formula is C28H27NO5. The standard InChI is InChI=1S/C28H27NO5/c30-26(31)18-33-25-15-7-13-22-23(25)14-8-16-28(17-24(22)28)19-34-27(32)29(20-9-3-1-4-10-20)21-11-5-2-6-12-21/h1-7,9-13,15,24H,8,14,16-19H2,(H,30,31). The predicted octanol–water partition coefficient (Wildman–Crippen LogP) is 5.93. The summed E-state index contributed by atoms with van der Waals surface area (Å²) in [6.45, 7) is 0.00496. The van der Waals surface area contributed by atoms with E-state index in [0.717, 1.165) is 42.6 Å². The first-order valence-electron chi connectivity index (χ1n) is 11.6. The van der Waals surface area contributed by atoms with E-state index in [-0.39, 0.29) is 24.0 Å². The van der Waals surface area contributed by atoms with Crippen LogP contribution in [0.25, 0.3) is 0 Å². The van der Waals surface area contributed by atoms with Crippen molar-refractivity contribution in [3.8, 4) is 5.75 Å². The van der Waals surface area contributed by atoms with Crippen molar-refractivity contribution >= 4 is 23.4 Å². The molecule has 174 valence electrons. The Balaban J connectivity index is 1.33.